The zero-order chi connectivity index (χ0) is 12.1. The van der Waals surface area contributed by atoms with Gasteiger partial charge in [-0.2, -0.15) is 0 Å². The lowest BCUT2D eigenvalue weighted by molar-refractivity contribution is -0.124. The third kappa shape index (κ3) is 3.76. The highest BCUT2D eigenvalue weighted by Crippen LogP contribution is 2.13. The Morgan fingerprint density at radius 1 is 1.56 bits per heavy atom. The van der Waals surface area contributed by atoms with Crippen LogP contribution in [0.4, 0.5) is 0 Å². The van der Waals surface area contributed by atoms with Gasteiger partial charge in [0.05, 0.1) is 0 Å². The van der Waals surface area contributed by atoms with E-state index in [0.29, 0.717) is 12.1 Å². The van der Waals surface area contributed by atoms with Crippen molar-refractivity contribution in [2.24, 2.45) is 5.92 Å². The van der Waals surface area contributed by atoms with E-state index >= 15 is 0 Å². The van der Waals surface area contributed by atoms with Crippen LogP contribution in [-0.2, 0) is 4.79 Å². The molecule has 2 N–H and O–H groups in total. The van der Waals surface area contributed by atoms with Crippen LogP contribution in [0.2, 0.25) is 0 Å². The Morgan fingerprint density at radius 2 is 2.25 bits per heavy atom. The monoisotopic (exact) mass is 227 g/mol. The molecular formula is C12H25N3O. The van der Waals surface area contributed by atoms with Gasteiger partial charge in [-0.3, -0.25) is 4.79 Å². The number of piperidine rings is 1. The van der Waals surface area contributed by atoms with E-state index in [1.54, 1.807) is 7.05 Å². The van der Waals surface area contributed by atoms with E-state index in [0.717, 1.165) is 13.1 Å². The van der Waals surface area contributed by atoms with Crippen molar-refractivity contribution in [3.63, 3.8) is 0 Å². The van der Waals surface area contributed by atoms with Gasteiger partial charge in [0.25, 0.3) is 0 Å². The van der Waals surface area contributed by atoms with Crippen LogP contribution in [0.15, 0.2) is 0 Å². The smallest absolute Gasteiger partial charge is 0.223 e. The van der Waals surface area contributed by atoms with Crippen LogP contribution in [0, 0.1) is 5.92 Å². The van der Waals surface area contributed by atoms with Gasteiger partial charge in [-0.25, -0.2) is 0 Å². The van der Waals surface area contributed by atoms with Crippen molar-refractivity contribution in [2.45, 2.75) is 38.8 Å². The van der Waals surface area contributed by atoms with Crippen molar-refractivity contribution in [3.8, 4) is 0 Å². The quantitative estimate of drug-likeness (QED) is 0.732. The number of amides is 1. The molecule has 1 aliphatic heterocycles. The van der Waals surface area contributed by atoms with Gasteiger partial charge in [-0.05, 0) is 26.8 Å². The number of likely N-dealkylation sites (N-methyl/N-ethyl adjacent to an activating group) is 1. The summed E-state index contributed by atoms with van der Waals surface area (Å²) in [5.74, 6) is 0.193. The topological polar surface area (TPSA) is 44.4 Å². The summed E-state index contributed by atoms with van der Waals surface area (Å²) in [7, 11) is 3.81. The lowest BCUT2D eigenvalue weighted by atomic mass is 10.00. The van der Waals surface area contributed by atoms with E-state index in [1.165, 1.54) is 12.8 Å². The molecule has 3 atom stereocenters. The van der Waals surface area contributed by atoms with Crippen LogP contribution in [0.3, 0.4) is 0 Å². The Kier molecular flexibility index (Phi) is 5.22. The Balaban J connectivity index is 2.34. The van der Waals surface area contributed by atoms with Gasteiger partial charge in [0, 0.05) is 38.1 Å². The molecule has 0 aromatic heterocycles. The van der Waals surface area contributed by atoms with Gasteiger partial charge in [0.1, 0.15) is 0 Å². The molecule has 0 aromatic carbocycles. The van der Waals surface area contributed by atoms with E-state index in [-0.39, 0.29) is 11.8 Å². The van der Waals surface area contributed by atoms with Gasteiger partial charge in [0.15, 0.2) is 0 Å². The molecule has 1 rings (SSSR count). The summed E-state index contributed by atoms with van der Waals surface area (Å²) in [4.78, 5) is 13.7. The number of rotatable bonds is 4. The minimum Gasteiger partial charge on any atom is -0.359 e. The van der Waals surface area contributed by atoms with Gasteiger partial charge in [-0.15, -0.1) is 0 Å². The molecule has 1 heterocycles. The first kappa shape index (κ1) is 13.5. The van der Waals surface area contributed by atoms with Gasteiger partial charge < -0.3 is 15.5 Å². The maximum atomic E-state index is 11.4. The molecular weight excluding hydrogens is 202 g/mol. The summed E-state index contributed by atoms with van der Waals surface area (Å²) in [6.07, 6.45) is 2.45. The second-order valence-corrected chi connectivity index (χ2v) is 5.00. The summed E-state index contributed by atoms with van der Waals surface area (Å²) >= 11 is 0. The van der Waals surface area contributed by atoms with Crippen LogP contribution in [-0.4, -0.2) is 50.1 Å². The maximum absolute atomic E-state index is 11.4. The molecule has 3 unspecified atom stereocenters. The number of carbonyl (C=O) groups excluding carboxylic acids is 1. The zero-order valence-corrected chi connectivity index (χ0v) is 10.9. The van der Waals surface area contributed by atoms with Gasteiger partial charge in [0.2, 0.25) is 5.91 Å². The third-order valence-corrected chi connectivity index (χ3v) is 3.51. The van der Waals surface area contributed by atoms with Crippen molar-refractivity contribution >= 4 is 5.91 Å². The SMILES string of the molecule is CNC(=O)C(C)CN(C)C1CCC(C)NC1. The van der Waals surface area contributed by atoms with Crippen LogP contribution < -0.4 is 10.6 Å². The molecule has 1 saturated heterocycles. The normalized spacial score (nSPS) is 27.8. The minimum atomic E-state index is 0.0642. The summed E-state index contributed by atoms with van der Waals surface area (Å²) in [6.45, 7) is 6.08. The van der Waals surface area contributed by atoms with Crippen LogP contribution >= 0.6 is 0 Å². The second-order valence-electron chi connectivity index (χ2n) is 5.00. The van der Waals surface area contributed by atoms with Gasteiger partial charge >= 0.3 is 0 Å². The van der Waals surface area contributed by atoms with Crippen molar-refractivity contribution in [3.05, 3.63) is 0 Å². The first-order chi connectivity index (χ1) is 7.54. The van der Waals surface area contributed by atoms with Crippen LogP contribution in [0.1, 0.15) is 26.7 Å². The molecule has 0 saturated carbocycles. The van der Waals surface area contributed by atoms with E-state index in [2.05, 4.69) is 29.5 Å². The minimum absolute atomic E-state index is 0.0642. The molecule has 0 bridgehead atoms. The fourth-order valence-electron chi connectivity index (χ4n) is 2.27. The molecule has 4 nitrogen and oxygen atoms in total. The van der Waals surface area contributed by atoms with E-state index in [4.69, 9.17) is 0 Å². The predicted molar refractivity (Wildman–Crippen MR) is 66.3 cm³/mol. The molecule has 16 heavy (non-hydrogen) atoms. The fourth-order valence-corrected chi connectivity index (χ4v) is 2.27. The highest BCUT2D eigenvalue weighted by Gasteiger charge is 2.23. The first-order valence-electron chi connectivity index (χ1n) is 6.19. The molecule has 1 fully saturated rings. The highest BCUT2D eigenvalue weighted by molar-refractivity contribution is 5.78. The molecule has 1 amide bonds. The van der Waals surface area contributed by atoms with Gasteiger partial charge in [-0.1, -0.05) is 6.92 Å². The van der Waals surface area contributed by atoms with Crippen molar-refractivity contribution in [2.75, 3.05) is 27.2 Å². The molecule has 0 aliphatic carbocycles. The lowest BCUT2D eigenvalue weighted by Crippen LogP contribution is -2.49. The second kappa shape index (κ2) is 6.21. The van der Waals surface area contributed by atoms with E-state index < -0.39 is 0 Å². The predicted octanol–water partition coefficient (Wildman–Crippen LogP) is 0.441. The fraction of sp³-hybridized carbons (Fsp3) is 0.917. The Hall–Kier alpha value is -0.610. The van der Waals surface area contributed by atoms with Crippen molar-refractivity contribution in [1.29, 1.82) is 0 Å². The van der Waals surface area contributed by atoms with Crippen molar-refractivity contribution in [1.82, 2.24) is 15.5 Å². The van der Waals surface area contributed by atoms with Crippen LogP contribution in [0.5, 0.6) is 0 Å². The van der Waals surface area contributed by atoms with Crippen LogP contribution in [0.25, 0.3) is 0 Å². The van der Waals surface area contributed by atoms with E-state index in [9.17, 15) is 4.79 Å². The number of nitrogens with zero attached hydrogens (tertiary/aromatic N) is 1. The maximum Gasteiger partial charge on any atom is 0.223 e. The molecule has 0 aromatic rings. The molecule has 1 aliphatic rings. The average Bonchev–Trinajstić information content (AvgIpc) is 2.28. The molecule has 0 radical (unpaired) electrons. The number of hydrogen-bond acceptors (Lipinski definition) is 3. The highest BCUT2D eigenvalue weighted by atomic mass is 16.1. The Bertz CT molecular complexity index is 224. The Labute approximate surface area is 98.8 Å². The summed E-state index contributed by atoms with van der Waals surface area (Å²) < 4.78 is 0. The first-order valence-corrected chi connectivity index (χ1v) is 6.19. The Morgan fingerprint density at radius 3 is 2.75 bits per heavy atom. The average molecular weight is 227 g/mol. The largest absolute Gasteiger partial charge is 0.359 e. The molecule has 94 valence electrons. The number of hydrogen-bond donors (Lipinski definition) is 2. The summed E-state index contributed by atoms with van der Waals surface area (Å²) in [5.41, 5.74) is 0. The summed E-state index contributed by atoms with van der Waals surface area (Å²) in [6, 6.07) is 1.21. The number of nitrogens with one attached hydrogen (secondary N) is 2. The molecule has 4 heteroatoms. The number of carbonyl (C=O) groups is 1. The van der Waals surface area contributed by atoms with Crippen molar-refractivity contribution < 1.29 is 4.79 Å². The third-order valence-electron chi connectivity index (χ3n) is 3.51. The van der Waals surface area contributed by atoms with E-state index in [1.807, 2.05) is 6.92 Å². The standard InChI is InChI=1S/C12H25N3O/c1-9(12(16)13-3)8-15(4)11-6-5-10(2)14-7-11/h9-11,14H,5-8H2,1-4H3,(H,13,16). The molecule has 0 spiro atoms. The summed E-state index contributed by atoms with van der Waals surface area (Å²) in [5, 5.41) is 6.19. The zero-order valence-electron chi connectivity index (χ0n) is 10.9. The lowest BCUT2D eigenvalue weighted by Gasteiger charge is -2.35.